The van der Waals surface area contributed by atoms with Crippen LogP contribution in [0, 0.1) is 23.3 Å². The smallest absolute Gasteiger partial charge is 0.134 e. The highest BCUT2D eigenvalue weighted by molar-refractivity contribution is 6.23. The number of halogens is 4. The second-order valence-electron chi connectivity index (χ2n) is 8.23. The van der Waals surface area contributed by atoms with Crippen molar-refractivity contribution in [2.75, 3.05) is 0 Å². The van der Waals surface area contributed by atoms with E-state index in [0.29, 0.717) is 32.7 Å². The summed E-state index contributed by atoms with van der Waals surface area (Å²) in [6.07, 6.45) is 0. The predicted molar refractivity (Wildman–Crippen MR) is 130 cm³/mol. The highest BCUT2D eigenvalue weighted by Gasteiger charge is 2.24. The molecule has 0 fully saturated rings. The van der Waals surface area contributed by atoms with Gasteiger partial charge in [-0.2, -0.15) is 0 Å². The minimum Gasteiger partial charge on any atom is -0.206 e. The zero-order valence-corrected chi connectivity index (χ0v) is 17.7. The zero-order valence-electron chi connectivity index (χ0n) is 17.7. The SMILES string of the molecule is Fc1cccc(F)c1-c1c2ccccc2c(-c2c(F)cccc2F)c2cc3ccccc3cc12. The average Bonchev–Trinajstić information content (AvgIpc) is 2.83. The fourth-order valence-electron chi connectivity index (χ4n) is 4.88. The highest BCUT2D eigenvalue weighted by Crippen LogP contribution is 2.46. The molecule has 0 N–H and O–H groups in total. The summed E-state index contributed by atoms with van der Waals surface area (Å²) in [5.74, 6) is -2.82. The maximum atomic E-state index is 15.1. The first kappa shape index (κ1) is 20.4. The topological polar surface area (TPSA) is 0 Å². The van der Waals surface area contributed by atoms with E-state index in [9.17, 15) is 0 Å². The van der Waals surface area contributed by atoms with Crippen LogP contribution in [0.25, 0.3) is 54.6 Å². The molecule has 4 heteroatoms. The maximum absolute atomic E-state index is 15.1. The molecule has 0 saturated carbocycles. The van der Waals surface area contributed by atoms with Crippen molar-refractivity contribution >= 4 is 32.3 Å². The molecule has 0 bridgehead atoms. The van der Waals surface area contributed by atoms with E-state index in [0.717, 1.165) is 10.8 Å². The van der Waals surface area contributed by atoms with Crippen molar-refractivity contribution in [1.29, 1.82) is 0 Å². The largest absolute Gasteiger partial charge is 0.206 e. The predicted octanol–water partition coefficient (Wildman–Crippen LogP) is 9.04. The van der Waals surface area contributed by atoms with Crippen LogP contribution in [0.5, 0.6) is 0 Å². The van der Waals surface area contributed by atoms with Crippen LogP contribution in [0.3, 0.4) is 0 Å². The van der Waals surface area contributed by atoms with Crippen molar-refractivity contribution < 1.29 is 17.6 Å². The molecule has 164 valence electrons. The summed E-state index contributed by atoms with van der Waals surface area (Å²) in [7, 11) is 0. The third-order valence-corrected chi connectivity index (χ3v) is 6.32. The van der Waals surface area contributed by atoms with Crippen LogP contribution < -0.4 is 0 Å². The first-order valence-corrected chi connectivity index (χ1v) is 10.8. The van der Waals surface area contributed by atoms with Gasteiger partial charge in [-0.05, 0) is 68.7 Å². The molecule has 0 heterocycles. The average molecular weight is 452 g/mol. The lowest BCUT2D eigenvalue weighted by Gasteiger charge is -2.19. The van der Waals surface area contributed by atoms with E-state index in [4.69, 9.17) is 0 Å². The summed E-state index contributed by atoms with van der Waals surface area (Å²) in [5.41, 5.74) is 0.374. The monoisotopic (exact) mass is 452 g/mol. The number of hydrogen-bond acceptors (Lipinski definition) is 0. The quantitative estimate of drug-likeness (QED) is 0.182. The van der Waals surface area contributed by atoms with E-state index in [-0.39, 0.29) is 11.1 Å². The molecule has 6 aromatic carbocycles. The van der Waals surface area contributed by atoms with E-state index < -0.39 is 23.3 Å². The Morgan fingerprint density at radius 2 is 0.676 bits per heavy atom. The summed E-state index contributed by atoms with van der Waals surface area (Å²) in [4.78, 5) is 0. The molecule has 0 radical (unpaired) electrons. The maximum Gasteiger partial charge on any atom is 0.134 e. The van der Waals surface area contributed by atoms with E-state index in [1.54, 1.807) is 24.3 Å². The van der Waals surface area contributed by atoms with Gasteiger partial charge in [0.15, 0.2) is 0 Å². The molecule has 0 spiro atoms. The zero-order chi connectivity index (χ0) is 23.4. The molecule has 0 amide bonds. The number of hydrogen-bond donors (Lipinski definition) is 0. The van der Waals surface area contributed by atoms with Crippen molar-refractivity contribution in [2.45, 2.75) is 0 Å². The van der Waals surface area contributed by atoms with Gasteiger partial charge in [-0.3, -0.25) is 0 Å². The van der Waals surface area contributed by atoms with E-state index in [1.165, 1.54) is 36.4 Å². The van der Waals surface area contributed by atoms with E-state index in [2.05, 4.69) is 0 Å². The molecule has 0 aliphatic carbocycles. The summed E-state index contributed by atoms with van der Waals surface area (Å²) in [5, 5.41) is 3.74. The highest BCUT2D eigenvalue weighted by atomic mass is 19.1. The molecular weight excluding hydrogens is 436 g/mol. The first-order chi connectivity index (χ1) is 16.5. The molecule has 0 saturated heterocycles. The Hall–Kier alpha value is -4.18. The third-order valence-electron chi connectivity index (χ3n) is 6.32. The number of rotatable bonds is 2. The molecule has 0 unspecified atom stereocenters. The lowest BCUT2D eigenvalue weighted by Crippen LogP contribution is -1.97. The number of fused-ring (bicyclic) bond motifs is 3. The third kappa shape index (κ3) is 2.99. The summed E-state index contributed by atoms with van der Waals surface area (Å²) in [6.45, 7) is 0. The van der Waals surface area contributed by atoms with Gasteiger partial charge in [-0.25, -0.2) is 17.6 Å². The Kier molecular flexibility index (Phi) is 4.63. The van der Waals surface area contributed by atoms with Crippen LogP contribution in [0.2, 0.25) is 0 Å². The van der Waals surface area contributed by atoms with Crippen molar-refractivity contribution in [1.82, 2.24) is 0 Å². The van der Waals surface area contributed by atoms with Gasteiger partial charge in [0, 0.05) is 11.1 Å². The Morgan fingerprint density at radius 1 is 0.324 bits per heavy atom. The fraction of sp³-hybridized carbons (Fsp3) is 0. The van der Waals surface area contributed by atoms with Gasteiger partial charge in [-0.15, -0.1) is 0 Å². The lowest BCUT2D eigenvalue weighted by molar-refractivity contribution is 0.589. The van der Waals surface area contributed by atoms with Crippen LogP contribution in [0.4, 0.5) is 17.6 Å². The van der Waals surface area contributed by atoms with Crippen LogP contribution in [0.1, 0.15) is 0 Å². The van der Waals surface area contributed by atoms with E-state index >= 15 is 17.6 Å². The van der Waals surface area contributed by atoms with Gasteiger partial charge < -0.3 is 0 Å². The molecular formula is C30H16F4. The molecule has 6 aromatic rings. The molecule has 0 atom stereocenters. The fourth-order valence-corrected chi connectivity index (χ4v) is 4.88. The van der Waals surface area contributed by atoms with Crippen molar-refractivity contribution in [3.63, 3.8) is 0 Å². The van der Waals surface area contributed by atoms with Gasteiger partial charge in [0.1, 0.15) is 23.3 Å². The minimum atomic E-state index is -0.704. The second kappa shape index (κ2) is 7.70. The molecule has 0 aromatic heterocycles. The number of benzene rings is 6. The van der Waals surface area contributed by atoms with Crippen LogP contribution >= 0.6 is 0 Å². The van der Waals surface area contributed by atoms with Crippen LogP contribution in [-0.2, 0) is 0 Å². The Labute approximate surface area is 192 Å². The standard InChI is InChI=1S/C30H16F4/c31-23-11-5-12-24(32)29(23)27-19-9-3-4-10-20(19)28(30-25(33)13-6-14-26(30)34)22-16-18-8-2-1-7-17(18)15-21(22)27/h1-16H. The second-order valence-corrected chi connectivity index (χ2v) is 8.23. The van der Waals surface area contributed by atoms with Gasteiger partial charge in [-0.1, -0.05) is 60.7 Å². The lowest BCUT2D eigenvalue weighted by atomic mass is 9.84. The van der Waals surface area contributed by atoms with Crippen LogP contribution in [-0.4, -0.2) is 0 Å². The van der Waals surface area contributed by atoms with Crippen molar-refractivity contribution in [3.05, 3.63) is 120 Å². The molecule has 0 aliphatic heterocycles. The van der Waals surface area contributed by atoms with Gasteiger partial charge in [0.2, 0.25) is 0 Å². The van der Waals surface area contributed by atoms with Crippen LogP contribution in [0.15, 0.2) is 97.1 Å². The minimum absolute atomic E-state index is 0.167. The van der Waals surface area contributed by atoms with Crippen molar-refractivity contribution in [2.24, 2.45) is 0 Å². The normalized spacial score (nSPS) is 11.5. The molecule has 34 heavy (non-hydrogen) atoms. The molecule has 0 aliphatic rings. The summed E-state index contributed by atoms with van der Waals surface area (Å²) < 4.78 is 60.4. The van der Waals surface area contributed by atoms with Gasteiger partial charge in [0.25, 0.3) is 0 Å². The van der Waals surface area contributed by atoms with Gasteiger partial charge >= 0.3 is 0 Å². The molecule has 0 nitrogen and oxygen atoms in total. The van der Waals surface area contributed by atoms with E-state index in [1.807, 2.05) is 36.4 Å². The summed E-state index contributed by atoms with van der Waals surface area (Å²) in [6, 6.07) is 25.6. The Morgan fingerprint density at radius 3 is 1.06 bits per heavy atom. The first-order valence-electron chi connectivity index (χ1n) is 10.8. The molecule has 6 rings (SSSR count). The van der Waals surface area contributed by atoms with Gasteiger partial charge in [0.05, 0.1) is 11.1 Å². The Bertz CT molecular complexity index is 1580. The summed E-state index contributed by atoms with van der Waals surface area (Å²) >= 11 is 0. The Balaban J connectivity index is 1.94. The van der Waals surface area contributed by atoms with Crippen molar-refractivity contribution in [3.8, 4) is 22.3 Å².